The molecule has 1 rings (SSSR count). The molecular weight excluding hydrogens is 178 g/mol. The van der Waals surface area contributed by atoms with Crippen LogP contribution in [0.15, 0.2) is 0 Å². The van der Waals surface area contributed by atoms with Crippen molar-refractivity contribution in [2.45, 2.75) is 35.4 Å². The average molecular weight is 187 g/mol. The lowest BCUT2D eigenvalue weighted by Crippen LogP contribution is -2.29. The topological polar surface area (TPSA) is 0 Å². The molecule has 0 N–H and O–H groups in total. The van der Waals surface area contributed by atoms with Crippen LogP contribution in [0.2, 0.25) is 0 Å². The summed E-state index contributed by atoms with van der Waals surface area (Å²) in [6.45, 7) is 0. The number of hydrogen-bond donors (Lipinski definition) is 0. The van der Waals surface area contributed by atoms with Crippen molar-refractivity contribution < 1.29 is 0 Å². The highest BCUT2D eigenvalue weighted by Gasteiger charge is 2.28. The Kier molecular flexibility index (Phi) is 2.94. The quantitative estimate of drug-likeness (QED) is 0.512. The van der Waals surface area contributed by atoms with Gasteiger partial charge in [0.15, 0.2) is 0 Å². The van der Waals surface area contributed by atoms with Gasteiger partial charge in [0, 0.05) is 0 Å². The van der Waals surface area contributed by atoms with E-state index in [1.54, 1.807) is 0 Å². The first-order valence-corrected chi connectivity index (χ1v) is 4.45. The highest BCUT2D eigenvalue weighted by molar-refractivity contribution is 6.35. The van der Waals surface area contributed by atoms with Crippen LogP contribution in [-0.2, 0) is 0 Å². The SMILES string of the molecule is ClC1CCC[C@H](Cl)C1Cl. The van der Waals surface area contributed by atoms with Gasteiger partial charge in [0.25, 0.3) is 0 Å². The van der Waals surface area contributed by atoms with E-state index in [4.69, 9.17) is 34.8 Å². The largest absolute Gasteiger partial charge is 0.121 e. The summed E-state index contributed by atoms with van der Waals surface area (Å²) in [6.07, 6.45) is 3.14. The smallest absolute Gasteiger partial charge is 0.0663 e. The van der Waals surface area contributed by atoms with Gasteiger partial charge in [0.05, 0.1) is 16.1 Å². The molecule has 1 aliphatic carbocycles. The second-order valence-corrected chi connectivity index (χ2v) is 4.03. The minimum atomic E-state index is -0.0258. The Balaban J connectivity index is 2.41. The first kappa shape index (κ1) is 7.97. The highest BCUT2D eigenvalue weighted by atomic mass is 35.5. The highest BCUT2D eigenvalue weighted by Crippen LogP contribution is 2.30. The standard InChI is InChI=1S/C6H9Cl3/c7-4-2-1-3-5(8)6(4)9/h4-6H,1-3H2/t4-,5?,6?/m0/s1. The van der Waals surface area contributed by atoms with Crippen LogP contribution in [-0.4, -0.2) is 16.1 Å². The minimum Gasteiger partial charge on any atom is -0.121 e. The van der Waals surface area contributed by atoms with Crippen LogP contribution >= 0.6 is 34.8 Å². The van der Waals surface area contributed by atoms with E-state index in [0.717, 1.165) is 19.3 Å². The van der Waals surface area contributed by atoms with Crippen molar-refractivity contribution in [1.82, 2.24) is 0 Å². The Morgan fingerprint density at radius 2 is 1.33 bits per heavy atom. The lowest BCUT2D eigenvalue weighted by atomic mass is 9.99. The lowest BCUT2D eigenvalue weighted by Gasteiger charge is -2.25. The van der Waals surface area contributed by atoms with Crippen molar-refractivity contribution in [1.29, 1.82) is 0 Å². The summed E-state index contributed by atoms with van der Waals surface area (Å²) >= 11 is 17.5. The predicted octanol–water partition coefficient (Wildman–Crippen LogP) is 2.99. The molecule has 0 bridgehead atoms. The molecule has 1 aliphatic rings. The molecule has 0 nitrogen and oxygen atoms in total. The van der Waals surface area contributed by atoms with Gasteiger partial charge in [-0.15, -0.1) is 34.8 Å². The molecule has 2 unspecified atom stereocenters. The van der Waals surface area contributed by atoms with E-state index in [1.807, 2.05) is 0 Å². The average Bonchev–Trinajstić information content (AvgIpc) is 1.83. The van der Waals surface area contributed by atoms with Gasteiger partial charge in [0.1, 0.15) is 0 Å². The molecule has 0 amide bonds. The number of halogens is 3. The van der Waals surface area contributed by atoms with Crippen LogP contribution in [0.25, 0.3) is 0 Å². The van der Waals surface area contributed by atoms with E-state index in [1.165, 1.54) is 0 Å². The molecule has 0 aliphatic heterocycles. The fourth-order valence-electron chi connectivity index (χ4n) is 1.05. The summed E-state index contributed by atoms with van der Waals surface area (Å²) in [6, 6.07) is 0. The van der Waals surface area contributed by atoms with Crippen molar-refractivity contribution in [3.05, 3.63) is 0 Å². The molecule has 1 saturated carbocycles. The van der Waals surface area contributed by atoms with Gasteiger partial charge in [-0.2, -0.15) is 0 Å². The van der Waals surface area contributed by atoms with E-state index < -0.39 is 0 Å². The Hall–Kier alpha value is 0.870. The van der Waals surface area contributed by atoms with E-state index in [0.29, 0.717) is 0 Å². The first-order valence-electron chi connectivity index (χ1n) is 3.14. The molecule has 0 heterocycles. The maximum Gasteiger partial charge on any atom is 0.0663 e. The second kappa shape index (κ2) is 3.32. The summed E-state index contributed by atoms with van der Waals surface area (Å²) in [7, 11) is 0. The van der Waals surface area contributed by atoms with Gasteiger partial charge in [0.2, 0.25) is 0 Å². The van der Waals surface area contributed by atoms with Crippen LogP contribution in [0, 0.1) is 0 Å². The van der Waals surface area contributed by atoms with Crippen molar-refractivity contribution in [2.75, 3.05) is 0 Å². The summed E-state index contributed by atoms with van der Waals surface area (Å²) in [5.74, 6) is 0. The molecule has 0 spiro atoms. The Morgan fingerprint density at radius 1 is 0.889 bits per heavy atom. The molecule has 3 atom stereocenters. The van der Waals surface area contributed by atoms with Gasteiger partial charge in [-0.1, -0.05) is 6.42 Å². The molecule has 0 aromatic heterocycles. The summed E-state index contributed by atoms with van der Waals surface area (Å²) in [5.41, 5.74) is 0. The van der Waals surface area contributed by atoms with E-state index >= 15 is 0 Å². The van der Waals surface area contributed by atoms with E-state index in [2.05, 4.69) is 0 Å². The number of hydrogen-bond acceptors (Lipinski definition) is 0. The van der Waals surface area contributed by atoms with E-state index in [9.17, 15) is 0 Å². The van der Waals surface area contributed by atoms with Crippen LogP contribution < -0.4 is 0 Å². The third kappa shape index (κ3) is 1.89. The van der Waals surface area contributed by atoms with Crippen molar-refractivity contribution in [3.8, 4) is 0 Å². The first-order chi connectivity index (χ1) is 4.22. The normalized spacial score (nSPS) is 45.0. The molecule has 3 heteroatoms. The Labute approximate surface area is 70.5 Å². The summed E-state index contributed by atoms with van der Waals surface area (Å²) in [5, 5.41) is 0.146. The van der Waals surface area contributed by atoms with Crippen molar-refractivity contribution in [3.63, 3.8) is 0 Å². The van der Waals surface area contributed by atoms with Crippen molar-refractivity contribution >= 4 is 34.8 Å². The maximum absolute atomic E-state index is 5.85. The van der Waals surface area contributed by atoms with E-state index in [-0.39, 0.29) is 16.1 Å². The van der Waals surface area contributed by atoms with Gasteiger partial charge < -0.3 is 0 Å². The van der Waals surface area contributed by atoms with Crippen LogP contribution in [0.4, 0.5) is 0 Å². The monoisotopic (exact) mass is 186 g/mol. The van der Waals surface area contributed by atoms with Crippen LogP contribution in [0.5, 0.6) is 0 Å². The Bertz CT molecular complexity index is 84.3. The number of alkyl halides is 3. The minimum absolute atomic E-state index is 0.0258. The zero-order valence-electron chi connectivity index (χ0n) is 4.99. The zero-order chi connectivity index (χ0) is 6.85. The van der Waals surface area contributed by atoms with Crippen LogP contribution in [0.3, 0.4) is 0 Å². The molecule has 0 aromatic rings. The van der Waals surface area contributed by atoms with Crippen LogP contribution in [0.1, 0.15) is 19.3 Å². The Morgan fingerprint density at radius 3 is 1.67 bits per heavy atom. The predicted molar refractivity (Wildman–Crippen MR) is 42.8 cm³/mol. The molecule has 9 heavy (non-hydrogen) atoms. The second-order valence-electron chi connectivity index (χ2n) is 2.41. The number of rotatable bonds is 0. The van der Waals surface area contributed by atoms with Crippen molar-refractivity contribution in [2.24, 2.45) is 0 Å². The lowest BCUT2D eigenvalue weighted by molar-refractivity contribution is 0.524. The van der Waals surface area contributed by atoms with Gasteiger partial charge in [-0.25, -0.2) is 0 Å². The molecule has 54 valence electrons. The third-order valence-corrected chi connectivity index (χ3v) is 3.50. The molecule has 0 radical (unpaired) electrons. The van der Waals surface area contributed by atoms with Gasteiger partial charge >= 0.3 is 0 Å². The molecular formula is C6H9Cl3. The summed E-state index contributed by atoms with van der Waals surface area (Å²) < 4.78 is 0. The zero-order valence-corrected chi connectivity index (χ0v) is 7.26. The molecule has 1 fully saturated rings. The van der Waals surface area contributed by atoms with Gasteiger partial charge in [-0.3, -0.25) is 0 Å². The molecule has 0 saturated heterocycles. The maximum atomic E-state index is 5.85. The third-order valence-electron chi connectivity index (χ3n) is 1.65. The fraction of sp³-hybridized carbons (Fsp3) is 1.00. The van der Waals surface area contributed by atoms with Gasteiger partial charge in [-0.05, 0) is 12.8 Å². The molecule has 0 aromatic carbocycles. The fourth-order valence-corrected chi connectivity index (χ4v) is 2.04. The summed E-state index contributed by atoms with van der Waals surface area (Å²) in [4.78, 5) is 0.